The zero-order valence-electron chi connectivity index (χ0n) is 13.6. The first-order valence-corrected chi connectivity index (χ1v) is 7.47. The number of nitrogens with one attached hydrogen (secondary N) is 2. The first-order valence-electron chi connectivity index (χ1n) is 7.06. The van der Waals surface area contributed by atoms with Gasteiger partial charge in [0.1, 0.15) is 5.75 Å². The number of thiocarbonyl (C=S) groups is 1. The number of para-hydroxylation sites is 1. The zero-order chi connectivity index (χ0) is 17.5. The van der Waals surface area contributed by atoms with E-state index in [9.17, 15) is 4.79 Å². The van der Waals surface area contributed by atoms with E-state index in [1.807, 2.05) is 0 Å². The van der Waals surface area contributed by atoms with Gasteiger partial charge in [-0.15, -0.1) is 0 Å². The van der Waals surface area contributed by atoms with Crippen molar-refractivity contribution >= 4 is 28.9 Å². The topological polar surface area (TPSA) is 68.8 Å². The van der Waals surface area contributed by atoms with Crippen LogP contribution in [0, 0.1) is 0 Å². The summed E-state index contributed by atoms with van der Waals surface area (Å²) >= 11 is 5.18. The molecular formula is C17H18N2O4S. The molecule has 2 N–H and O–H groups in total. The molecule has 0 bridgehead atoms. The highest BCUT2D eigenvalue weighted by Crippen LogP contribution is 2.29. The lowest BCUT2D eigenvalue weighted by Crippen LogP contribution is -2.34. The second-order valence-corrected chi connectivity index (χ2v) is 5.09. The summed E-state index contributed by atoms with van der Waals surface area (Å²) in [5, 5.41) is 5.71. The SMILES string of the molecule is COc1ccc(NC(=S)NC(=O)c2ccccc2OC)cc1OC. The standard InChI is InChI=1S/C17H18N2O4S/c1-21-13-7-5-4-6-12(13)16(20)19-17(24)18-11-8-9-14(22-2)15(10-11)23-3/h4-10H,1-3H3,(H2,18,19,20,24). The smallest absolute Gasteiger partial charge is 0.261 e. The van der Waals surface area contributed by atoms with Crippen LogP contribution >= 0.6 is 12.2 Å². The molecule has 126 valence electrons. The van der Waals surface area contributed by atoms with E-state index in [2.05, 4.69) is 10.6 Å². The van der Waals surface area contributed by atoms with Gasteiger partial charge in [0.2, 0.25) is 0 Å². The van der Waals surface area contributed by atoms with Gasteiger partial charge in [0, 0.05) is 11.8 Å². The highest BCUT2D eigenvalue weighted by Gasteiger charge is 2.13. The second kappa shape index (κ2) is 8.16. The Morgan fingerprint density at radius 2 is 1.58 bits per heavy atom. The molecular weight excluding hydrogens is 328 g/mol. The van der Waals surface area contributed by atoms with Crippen molar-refractivity contribution in [2.75, 3.05) is 26.6 Å². The van der Waals surface area contributed by atoms with Gasteiger partial charge in [-0.25, -0.2) is 0 Å². The fourth-order valence-corrected chi connectivity index (χ4v) is 2.29. The maximum absolute atomic E-state index is 12.3. The van der Waals surface area contributed by atoms with Gasteiger partial charge in [-0.05, 0) is 36.5 Å². The summed E-state index contributed by atoms with van der Waals surface area (Å²) in [6, 6.07) is 12.1. The van der Waals surface area contributed by atoms with Crippen molar-refractivity contribution in [1.82, 2.24) is 5.32 Å². The van der Waals surface area contributed by atoms with Crippen LogP contribution in [0.1, 0.15) is 10.4 Å². The fourth-order valence-electron chi connectivity index (χ4n) is 2.08. The molecule has 24 heavy (non-hydrogen) atoms. The lowest BCUT2D eigenvalue weighted by molar-refractivity contribution is 0.0975. The van der Waals surface area contributed by atoms with Gasteiger partial charge in [-0.3, -0.25) is 10.1 Å². The number of hydrogen-bond acceptors (Lipinski definition) is 5. The van der Waals surface area contributed by atoms with Gasteiger partial charge in [-0.1, -0.05) is 12.1 Å². The first-order chi connectivity index (χ1) is 11.6. The third kappa shape index (κ3) is 4.14. The number of carbonyl (C=O) groups excluding carboxylic acids is 1. The van der Waals surface area contributed by atoms with Crippen LogP contribution in [0.3, 0.4) is 0 Å². The van der Waals surface area contributed by atoms with E-state index in [0.29, 0.717) is 28.5 Å². The lowest BCUT2D eigenvalue weighted by atomic mass is 10.2. The summed E-state index contributed by atoms with van der Waals surface area (Å²) in [7, 11) is 4.61. The predicted octanol–water partition coefficient (Wildman–Crippen LogP) is 2.84. The van der Waals surface area contributed by atoms with Gasteiger partial charge < -0.3 is 19.5 Å². The van der Waals surface area contributed by atoms with E-state index in [4.69, 9.17) is 26.4 Å². The van der Waals surface area contributed by atoms with E-state index in [0.717, 1.165) is 0 Å². The van der Waals surface area contributed by atoms with Crippen molar-refractivity contribution in [3.8, 4) is 17.2 Å². The molecule has 0 aromatic heterocycles. The molecule has 0 fully saturated rings. The van der Waals surface area contributed by atoms with E-state index in [1.54, 1.807) is 56.7 Å². The number of amides is 1. The summed E-state index contributed by atoms with van der Waals surface area (Å²) in [4.78, 5) is 12.3. The van der Waals surface area contributed by atoms with Crippen LogP contribution < -0.4 is 24.8 Å². The molecule has 0 aliphatic heterocycles. The van der Waals surface area contributed by atoms with E-state index in [-0.39, 0.29) is 11.0 Å². The van der Waals surface area contributed by atoms with Crippen molar-refractivity contribution in [3.63, 3.8) is 0 Å². The van der Waals surface area contributed by atoms with Crippen molar-refractivity contribution < 1.29 is 19.0 Å². The lowest BCUT2D eigenvalue weighted by Gasteiger charge is -2.13. The van der Waals surface area contributed by atoms with Crippen LogP contribution in [0.4, 0.5) is 5.69 Å². The molecule has 0 heterocycles. The second-order valence-electron chi connectivity index (χ2n) is 4.68. The predicted molar refractivity (Wildman–Crippen MR) is 96.2 cm³/mol. The third-order valence-electron chi connectivity index (χ3n) is 3.22. The van der Waals surface area contributed by atoms with Crippen LogP contribution in [-0.2, 0) is 0 Å². The summed E-state index contributed by atoms with van der Waals surface area (Å²) < 4.78 is 15.6. The monoisotopic (exact) mass is 346 g/mol. The molecule has 7 heteroatoms. The molecule has 0 aliphatic rings. The molecule has 0 aliphatic carbocycles. The van der Waals surface area contributed by atoms with E-state index >= 15 is 0 Å². The van der Waals surface area contributed by atoms with Crippen LogP contribution in [0.5, 0.6) is 17.2 Å². The first kappa shape index (κ1) is 17.6. The number of methoxy groups -OCH3 is 3. The maximum Gasteiger partial charge on any atom is 0.261 e. The zero-order valence-corrected chi connectivity index (χ0v) is 14.4. The molecule has 0 spiro atoms. The average molecular weight is 346 g/mol. The molecule has 0 unspecified atom stereocenters. The molecule has 6 nitrogen and oxygen atoms in total. The van der Waals surface area contributed by atoms with Crippen molar-refractivity contribution in [1.29, 1.82) is 0 Å². The Balaban J connectivity index is 2.06. The number of rotatable bonds is 5. The van der Waals surface area contributed by atoms with Crippen molar-refractivity contribution in [3.05, 3.63) is 48.0 Å². The normalized spacial score (nSPS) is 9.79. The summed E-state index contributed by atoms with van der Waals surface area (Å²) in [5.41, 5.74) is 1.06. The number of hydrogen-bond donors (Lipinski definition) is 2. The quantitative estimate of drug-likeness (QED) is 0.812. The third-order valence-corrected chi connectivity index (χ3v) is 3.42. The molecule has 0 saturated heterocycles. The number of benzene rings is 2. The van der Waals surface area contributed by atoms with Gasteiger partial charge in [0.25, 0.3) is 5.91 Å². The van der Waals surface area contributed by atoms with Gasteiger partial charge in [0.15, 0.2) is 16.6 Å². The number of carbonyl (C=O) groups is 1. The van der Waals surface area contributed by atoms with Crippen molar-refractivity contribution in [2.45, 2.75) is 0 Å². The number of anilines is 1. The summed E-state index contributed by atoms with van der Waals surface area (Å²) in [5.74, 6) is 1.28. The average Bonchev–Trinajstić information content (AvgIpc) is 2.61. The largest absolute Gasteiger partial charge is 0.496 e. The van der Waals surface area contributed by atoms with E-state index in [1.165, 1.54) is 7.11 Å². The minimum Gasteiger partial charge on any atom is -0.496 e. The van der Waals surface area contributed by atoms with Crippen LogP contribution in [-0.4, -0.2) is 32.3 Å². The van der Waals surface area contributed by atoms with Crippen molar-refractivity contribution in [2.24, 2.45) is 0 Å². The Bertz CT molecular complexity index is 749. The summed E-state index contributed by atoms with van der Waals surface area (Å²) in [6.07, 6.45) is 0. The van der Waals surface area contributed by atoms with Crippen LogP contribution in [0.2, 0.25) is 0 Å². The summed E-state index contributed by atoms with van der Waals surface area (Å²) in [6.45, 7) is 0. The highest BCUT2D eigenvalue weighted by atomic mass is 32.1. The van der Waals surface area contributed by atoms with Gasteiger partial charge in [-0.2, -0.15) is 0 Å². The van der Waals surface area contributed by atoms with Gasteiger partial charge in [0.05, 0.1) is 26.9 Å². The molecule has 0 radical (unpaired) electrons. The minimum absolute atomic E-state index is 0.165. The highest BCUT2D eigenvalue weighted by molar-refractivity contribution is 7.80. The Hall–Kier alpha value is -2.80. The van der Waals surface area contributed by atoms with E-state index < -0.39 is 0 Å². The Labute approximate surface area is 145 Å². The van der Waals surface area contributed by atoms with Gasteiger partial charge >= 0.3 is 0 Å². The Kier molecular flexibility index (Phi) is 5.97. The molecule has 2 rings (SSSR count). The molecule has 0 saturated carbocycles. The molecule has 2 aromatic rings. The maximum atomic E-state index is 12.3. The Morgan fingerprint density at radius 1 is 0.917 bits per heavy atom. The molecule has 1 amide bonds. The molecule has 0 atom stereocenters. The molecule has 2 aromatic carbocycles. The minimum atomic E-state index is -0.356. The van der Waals surface area contributed by atoms with Crippen LogP contribution in [0.25, 0.3) is 0 Å². The Morgan fingerprint density at radius 3 is 2.25 bits per heavy atom. The van der Waals surface area contributed by atoms with Crippen LogP contribution in [0.15, 0.2) is 42.5 Å². The fraction of sp³-hybridized carbons (Fsp3) is 0.176. The number of ether oxygens (including phenoxy) is 3.